The molecule has 35 heavy (non-hydrogen) atoms. The summed E-state index contributed by atoms with van der Waals surface area (Å²) >= 11 is 4.69. The summed E-state index contributed by atoms with van der Waals surface area (Å²) in [6.07, 6.45) is 2.65. The molecule has 1 aliphatic rings. The van der Waals surface area contributed by atoms with E-state index in [-0.39, 0.29) is 36.7 Å². The zero-order valence-electron chi connectivity index (χ0n) is 19.8. The molecule has 0 aliphatic carbocycles. The number of nitrogens with zero attached hydrogens (tertiary/aromatic N) is 1. The van der Waals surface area contributed by atoms with E-state index in [9.17, 15) is 14.4 Å². The number of hydrogen-bond donors (Lipinski definition) is 1. The molecule has 1 atom stereocenters. The van der Waals surface area contributed by atoms with Crippen LogP contribution in [0.5, 0.6) is 0 Å². The third-order valence-corrected chi connectivity index (χ3v) is 8.04. The fraction of sp³-hybridized carbons (Fsp3) is 0.321. The molecule has 2 heterocycles. The SMILES string of the molecule is CN1CCc2ccc(CC(=O)[C@@H](CCC(=O)c3ccccc3)NC(=O)c3ccc(Br)s3)cc2CC1. The van der Waals surface area contributed by atoms with Crippen molar-refractivity contribution in [2.24, 2.45) is 0 Å². The summed E-state index contributed by atoms with van der Waals surface area (Å²) in [6, 6.07) is 18.1. The van der Waals surface area contributed by atoms with Crippen LogP contribution in [-0.4, -0.2) is 48.6 Å². The Bertz CT molecular complexity index is 1210. The third-order valence-electron chi connectivity index (χ3n) is 6.42. The number of ketones is 2. The Labute approximate surface area is 218 Å². The van der Waals surface area contributed by atoms with Crippen molar-refractivity contribution in [3.05, 3.63) is 91.6 Å². The monoisotopic (exact) mass is 552 g/mol. The fourth-order valence-corrected chi connectivity index (χ4v) is 5.64. The quantitative estimate of drug-likeness (QED) is 0.374. The molecule has 0 saturated carbocycles. The van der Waals surface area contributed by atoms with Crippen molar-refractivity contribution in [2.75, 3.05) is 20.1 Å². The average Bonchev–Trinajstić information content (AvgIpc) is 3.22. The normalized spacial score (nSPS) is 14.6. The number of nitrogens with one attached hydrogen (secondary N) is 1. The number of Topliss-reactive ketones (excluding diaryl/α,β-unsaturated/α-hetero) is 2. The Morgan fingerprint density at radius 1 is 1.00 bits per heavy atom. The first-order chi connectivity index (χ1) is 16.9. The molecule has 0 saturated heterocycles. The van der Waals surface area contributed by atoms with Gasteiger partial charge in [0.05, 0.1) is 14.7 Å². The molecular formula is C28H29BrN2O3S. The summed E-state index contributed by atoms with van der Waals surface area (Å²) in [4.78, 5) is 41.7. The second-order valence-corrected chi connectivity index (χ2v) is 11.5. The van der Waals surface area contributed by atoms with Gasteiger partial charge in [0.2, 0.25) is 0 Å². The number of amides is 1. The van der Waals surface area contributed by atoms with Crippen LogP contribution in [-0.2, 0) is 24.1 Å². The zero-order chi connectivity index (χ0) is 24.8. The molecule has 0 unspecified atom stereocenters. The Balaban J connectivity index is 1.47. The molecule has 7 heteroatoms. The standard InChI is InChI=1S/C28H29BrN2O3S/c1-31-15-13-20-8-7-19(17-22(20)14-16-31)18-25(33)23(30-28(34)26-11-12-27(29)35-26)9-10-24(32)21-5-3-2-4-6-21/h2-8,11-12,17,23H,9-10,13-16,18H2,1H3,(H,30,34)/t23-/m1/s1. The van der Waals surface area contributed by atoms with Crippen molar-refractivity contribution in [2.45, 2.75) is 38.1 Å². The first-order valence-electron chi connectivity index (χ1n) is 11.9. The van der Waals surface area contributed by atoms with Crippen LogP contribution >= 0.6 is 27.3 Å². The number of thiophene rings is 1. The summed E-state index contributed by atoms with van der Waals surface area (Å²) in [6.45, 7) is 2.04. The molecule has 3 aromatic rings. The van der Waals surface area contributed by atoms with Gasteiger partial charge in [-0.3, -0.25) is 14.4 Å². The predicted molar refractivity (Wildman–Crippen MR) is 143 cm³/mol. The van der Waals surface area contributed by atoms with Crippen molar-refractivity contribution >= 4 is 44.7 Å². The second kappa shape index (κ2) is 11.9. The van der Waals surface area contributed by atoms with E-state index in [1.165, 1.54) is 22.5 Å². The van der Waals surface area contributed by atoms with Crippen molar-refractivity contribution in [1.29, 1.82) is 0 Å². The van der Waals surface area contributed by atoms with Gasteiger partial charge >= 0.3 is 0 Å². The molecule has 2 aromatic carbocycles. The van der Waals surface area contributed by atoms with E-state index in [4.69, 9.17) is 0 Å². The lowest BCUT2D eigenvalue weighted by Gasteiger charge is -2.18. The Morgan fingerprint density at radius 2 is 1.74 bits per heavy atom. The maximum absolute atomic E-state index is 13.4. The molecule has 1 aromatic heterocycles. The summed E-state index contributed by atoms with van der Waals surface area (Å²) in [5, 5.41) is 2.89. The van der Waals surface area contributed by atoms with Crippen molar-refractivity contribution in [1.82, 2.24) is 10.2 Å². The van der Waals surface area contributed by atoms with Gasteiger partial charge in [0.1, 0.15) is 0 Å². The minimum atomic E-state index is -0.735. The Morgan fingerprint density at radius 3 is 2.46 bits per heavy atom. The number of fused-ring (bicyclic) bond motifs is 1. The predicted octanol–water partition coefficient (Wildman–Crippen LogP) is 5.11. The molecule has 1 N–H and O–H groups in total. The third kappa shape index (κ3) is 6.97. The van der Waals surface area contributed by atoms with Crippen LogP contribution in [0.4, 0.5) is 0 Å². The molecule has 0 spiro atoms. The fourth-order valence-electron chi connectivity index (χ4n) is 4.35. The molecular weight excluding hydrogens is 524 g/mol. The Hall–Kier alpha value is -2.61. The smallest absolute Gasteiger partial charge is 0.261 e. The lowest BCUT2D eigenvalue weighted by Crippen LogP contribution is -2.41. The number of likely N-dealkylation sites (N-methyl/N-ethyl adjacent to an activating group) is 1. The zero-order valence-corrected chi connectivity index (χ0v) is 22.2. The van der Waals surface area contributed by atoms with E-state index >= 15 is 0 Å². The highest BCUT2D eigenvalue weighted by Crippen LogP contribution is 2.23. The number of halogens is 1. The highest BCUT2D eigenvalue weighted by molar-refractivity contribution is 9.11. The summed E-state index contributed by atoms with van der Waals surface area (Å²) in [5.74, 6) is -0.414. The van der Waals surface area contributed by atoms with Crippen LogP contribution in [0, 0.1) is 0 Å². The molecule has 182 valence electrons. The van der Waals surface area contributed by atoms with Crippen LogP contribution in [0.2, 0.25) is 0 Å². The van der Waals surface area contributed by atoms with Crippen LogP contribution in [0.1, 0.15) is 49.6 Å². The molecule has 0 radical (unpaired) electrons. The molecule has 5 nitrogen and oxygen atoms in total. The molecule has 1 aliphatic heterocycles. The summed E-state index contributed by atoms with van der Waals surface area (Å²) < 4.78 is 0.848. The van der Waals surface area contributed by atoms with Crippen LogP contribution < -0.4 is 5.32 Å². The summed E-state index contributed by atoms with van der Waals surface area (Å²) in [7, 11) is 2.13. The van der Waals surface area contributed by atoms with Gasteiger partial charge in [0.15, 0.2) is 11.6 Å². The van der Waals surface area contributed by atoms with Gasteiger partial charge in [-0.25, -0.2) is 0 Å². The number of rotatable bonds is 9. The second-order valence-electron chi connectivity index (χ2n) is 9.01. The number of carbonyl (C=O) groups excluding carboxylic acids is 3. The number of hydrogen-bond acceptors (Lipinski definition) is 5. The number of benzene rings is 2. The van der Waals surface area contributed by atoms with Gasteiger partial charge in [-0.1, -0.05) is 48.5 Å². The maximum atomic E-state index is 13.4. The lowest BCUT2D eigenvalue weighted by atomic mass is 9.94. The summed E-state index contributed by atoms with van der Waals surface area (Å²) in [5.41, 5.74) is 4.20. The van der Waals surface area contributed by atoms with E-state index in [1.54, 1.807) is 18.2 Å². The molecule has 1 amide bonds. The topological polar surface area (TPSA) is 66.5 Å². The first kappa shape index (κ1) is 25.5. The largest absolute Gasteiger partial charge is 0.342 e. The van der Waals surface area contributed by atoms with Gasteiger partial charge in [-0.05, 0) is 71.1 Å². The van der Waals surface area contributed by atoms with Gasteiger partial charge in [0, 0.05) is 31.5 Å². The highest BCUT2D eigenvalue weighted by Gasteiger charge is 2.24. The van der Waals surface area contributed by atoms with Crippen molar-refractivity contribution < 1.29 is 14.4 Å². The molecule has 4 rings (SSSR count). The minimum absolute atomic E-state index is 0.0364. The Kier molecular flexibility index (Phi) is 8.65. The van der Waals surface area contributed by atoms with Crippen LogP contribution in [0.15, 0.2) is 64.5 Å². The van der Waals surface area contributed by atoms with Gasteiger partial charge in [-0.15, -0.1) is 11.3 Å². The lowest BCUT2D eigenvalue weighted by molar-refractivity contribution is -0.120. The van der Waals surface area contributed by atoms with Gasteiger partial charge in [-0.2, -0.15) is 0 Å². The maximum Gasteiger partial charge on any atom is 0.261 e. The van der Waals surface area contributed by atoms with Crippen molar-refractivity contribution in [3.8, 4) is 0 Å². The molecule has 0 fully saturated rings. The van der Waals surface area contributed by atoms with E-state index in [0.29, 0.717) is 10.4 Å². The van der Waals surface area contributed by atoms with E-state index in [0.717, 1.165) is 35.3 Å². The highest BCUT2D eigenvalue weighted by atomic mass is 79.9. The first-order valence-corrected chi connectivity index (χ1v) is 13.5. The van der Waals surface area contributed by atoms with E-state index < -0.39 is 6.04 Å². The number of carbonyl (C=O) groups is 3. The average molecular weight is 554 g/mol. The van der Waals surface area contributed by atoms with E-state index in [1.807, 2.05) is 30.3 Å². The van der Waals surface area contributed by atoms with E-state index in [2.05, 4.69) is 45.3 Å². The van der Waals surface area contributed by atoms with Crippen LogP contribution in [0.3, 0.4) is 0 Å². The minimum Gasteiger partial charge on any atom is -0.342 e. The van der Waals surface area contributed by atoms with Gasteiger partial charge < -0.3 is 10.2 Å². The van der Waals surface area contributed by atoms with Crippen molar-refractivity contribution in [3.63, 3.8) is 0 Å². The van der Waals surface area contributed by atoms with Crippen LogP contribution in [0.25, 0.3) is 0 Å². The van der Waals surface area contributed by atoms with Gasteiger partial charge in [0.25, 0.3) is 5.91 Å². The molecule has 0 bridgehead atoms.